The number of methoxy groups -OCH3 is 1. The van der Waals surface area contributed by atoms with E-state index >= 15 is 0 Å². The van der Waals surface area contributed by atoms with Crippen LogP contribution in [0.2, 0.25) is 0 Å². The molecule has 1 heterocycles. The second-order valence-corrected chi connectivity index (χ2v) is 5.81. The Morgan fingerprint density at radius 1 is 1.37 bits per heavy atom. The summed E-state index contributed by atoms with van der Waals surface area (Å²) in [6, 6.07) is 2.21. The Morgan fingerprint density at radius 2 is 2.11 bits per heavy atom. The number of hydrogen-bond donors (Lipinski definition) is 1. The largest absolute Gasteiger partial charge is 0.385 e. The summed E-state index contributed by atoms with van der Waals surface area (Å²) in [4.78, 5) is 0. The minimum atomic E-state index is 0.265. The third-order valence-corrected chi connectivity index (χ3v) is 3.47. The van der Waals surface area contributed by atoms with Crippen LogP contribution in [0.4, 0.5) is 0 Å². The molecule has 0 aliphatic heterocycles. The van der Waals surface area contributed by atoms with Crippen molar-refractivity contribution in [1.29, 1.82) is 0 Å². The van der Waals surface area contributed by atoms with E-state index in [-0.39, 0.29) is 5.41 Å². The Balaban J connectivity index is 2.46. The summed E-state index contributed by atoms with van der Waals surface area (Å²) in [7, 11) is 1.76. The van der Waals surface area contributed by atoms with Crippen LogP contribution in [0.25, 0.3) is 0 Å². The van der Waals surface area contributed by atoms with E-state index in [9.17, 15) is 0 Å². The number of aromatic nitrogens is 2. The monoisotopic (exact) mass is 267 g/mol. The Morgan fingerprint density at radius 3 is 2.68 bits per heavy atom. The molecule has 0 aliphatic carbocycles. The lowest BCUT2D eigenvalue weighted by Crippen LogP contribution is -2.30. The molecule has 1 aromatic heterocycles. The maximum atomic E-state index is 5.15. The topological polar surface area (TPSA) is 39.1 Å². The average Bonchev–Trinajstić information content (AvgIpc) is 2.79. The molecule has 0 aromatic carbocycles. The van der Waals surface area contributed by atoms with E-state index in [4.69, 9.17) is 4.74 Å². The molecule has 0 unspecified atom stereocenters. The van der Waals surface area contributed by atoms with Crippen LogP contribution in [0.1, 0.15) is 45.5 Å². The van der Waals surface area contributed by atoms with Crippen molar-refractivity contribution in [3.05, 3.63) is 17.5 Å². The van der Waals surface area contributed by atoms with Gasteiger partial charge in [0.2, 0.25) is 0 Å². The van der Waals surface area contributed by atoms with Gasteiger partial charge in [-0.25, -0.2) is 0 Å². The van der Waals surface area contributed by atoms with Gasteiger partial charge < -0.3 is 10.1 Å². The third-order valence-electron chi connectivity index (χ3n) is 3.47. The number of rotatable bonds is 9. The first-order valence-corrected chi connectivity index (χ1v) is 7.27. The van der Waals surface area contributed by atoms with E-state index < -0.39 is 0 Å². The SMILES string of the molecule is CCc1cc(CNCC(C)(C)CCOC)n(CC)n1. The summed E-state index contributed by atoms with van der Waals surface area (Å²) in [5, 5.41) is 8.12. The molecular weight excluding hydrogens is 238 g/mol. The predicted molar refractivity (Wildman–Crippen MR) is 79.3 cm³/mol. The second kappa shape index (κ2) is 7.65. The van der Waals surface area contributed by atoms with Gasteiger partial charge in [0.25, 0.3) is 0 Å². The zero-order valence-corrected chi connectivity index (χ0v) is 13.1. The highest BCUT2D eigenvalue weighted by molar-refractivity contribution is 5.10. The number of ether oxygens (including phenoxy) is 1. The number of aryl methyl sites for hydroxylation is 2. The van der Waals surface area contributed by atoms with E-state index in [0.29, 0.717) is 0 Å². The summed E-state index contributed by atoms with van der Waals surface area (Å²) in [5.74, 6) is 0. The van der Waals surface area contributed by atoms with Gasteiger partial charge in [-0.2, -0.15) is 5.10 Å². The molecule has 1 aromatic rings. The normalized spacial score (nSPS) is 12.1. The van der Waals surface area contributed by atoms with Crippen LogP contribution in [-0.2, 0) is 24.2 Å². The van der Waals surface area contributed by atoms with Gasteiger partial charge in [-0.15, -0.1) is 0 Å². The highest BCUT2D eigenvalue weighted by Crippen LogP contribution is 2.19. The first-order valence-electron chi connectivity index (χ1n) is 7.27. The van der Waals surface area contributed by atoms with E-state index in [1.54, 1.807) is 7.11 Å². The molecule has 4 heteroatoms. The fourth-order valence-corrected chi connectivity index (χ4v) is 2.10. The van der Waals surface area contributed by atoms with Gasteiger partial charge in [0.05, 0.1) is 11.4 Å². The van der Waals surface area contributed by atoms with Gasteiger partial charge in [0.15, 0.2) is 0 Å². The summed E-state index contributed by atoms with van der Waals surface area (Å²) in [6.07, 6.45) is 2.07. The van der Waals surface area contributed by atoms with Gasteiger partial charge in [0, 0.05) is 33.4 Å². The standard InChI is InChI=1S/C15H29N3O/c1-6-13-10-14(18(7-2)17-13)11-16-12-15(3,4)8-9-19-5/h10,16H,6-9,11-12H2,1-5H3. The van der Waals surface area contributed by atoms with Crippen LogP contribution < -0.4 is 5.32 Å². The maximum Gasteiger partial charge on any atom is 0.0625 e. The minimum absolute atomic E-state index is 0.265. The molecule has 0 aliphatic rings. The predicted octanol–water partition coefficient (Wildman–Crippen LogP) is 2.62. The summed E-state index contributed by atoms with van der Waals surface area (Å²) in [6.45, 7) is 12.5. The Kier molecular flexibility index (Phi) is 6.52. The summed E-state index contributed by atoms with van der Waals surface area (Å²) >= 11 is 0. The van der Waals surface area contributed by atoms with Crippen LogP contribution >= 0.6 is 0 Å². The van der Waals surface area contributed by atoms with Crippen molar-refractivity contribution in [2.75, 3.05) is 20.3 Å². The van der Waals surface area contributed by atoms with Gasteiger partial charge in [-0.3, -0.25) is 4.68 Å². The van der Waals surface area contributed by atoms with Crippen molar-refractivity contribution in [3.63, 3.8) is 0 Å². The first kappa shape index (κ1) is 16.2. The van der Waals surface area contributed by atoms with Crippen LogP contribution in [-0.4, -0.2) is 30.0 Å². The number of nitrogens with one attached hydrogen (secondary N) is 1. The molecule has 0 bridgehead atoms. The quantitative estimate of drug-likeness (QED) is 0.747. The maximum absolute atomic E-state index is 5.15. The smallest absolute Gasteiger partial charge is 0.0625 e. The zero-order valence-electron chi connectivity index (χ0n) is 13.1. The number of nitrogens with zero attached hydrogens (tertiary/aromatic N) is 2. The third kappa shape index (κ3) is 5.33. The van der Waals surface area contributed by atoms with Crippen molar-refractivity contribution >= 4 is 0 Å². The highest BCUT2D eigenvalue weighted by atomic mass is 16.5. The molecule has 0 saturated heterocycles. The number of hydrogen-bond acceptors (Lipinski definition) is 3. The fraction of sp³-hybridized carbons (Fsp3) is 0.800. The molecule has 0 fully saturated rings. The van der Waals surface area contributed by atoms with Gasteiger partial charge in [-0.1, -0.05) is 20.8 Å². The van der Waals surface area contributed by atoms with E-state index in [1.165, 1.54) is 11.4 Å². The van der Waals surface area contributed by atoms with Gasteiger partial charge >= 0.3 is 0 Å². The average molecular weight is 267 g/mol. The van der Waals surface area contributed by atoms with Crippen LogP contribution in [0.15, 0.2) is 6.07 Å². The second-order valence-electron chi connectivity index (χ2n) is 5.81. The zero-order chi connectivity index (χ0) is 14.3. The Labute approximate surface area is 117 Å². The summed E-state index contributed by atoms with van der Waals surface area (Å²) in [5.41, 5.74) is 2.72. The van der Waals surface area contributed by atoms with Crippen molar-refractivity contribution in [1.82, 2.24) is 15.1 Å². The molecule has 0 radical (unpaired) electrons. The van der Waals surface area contributed by atoms with Crippen molar-refractivity contribution in [3.8, 4) is 0 Å². The van der Waals surface area contributed by atoms with Crippen molar-refractivity contribution in [2.24, 2.45) is 5.41 Å². The van der Waals surface area contributed by atoms with Gasteiger partial charge in [0.1, 0.15) is 0 Å². The molecule has 4 nitrogen and oxygen atoms in total. The Hall–Kier alpha value is -0.870. The molecule has 0 saturated carbocycles. The van der Waals surface area contributed by atoms with Crippen LogP contribution in [0, 0.1) is 5.41 Å². The van der Waals surface area contributed by atoms with E-state index in [1.807, 2.05) is 0 Å². The fourth-order valence-electron chi connectivity index (χ4n) is 2.10. The molecule has 0 spiro atoms. The molecular formula is C15H29N3O. The van der Waals surface area contributed by atoms with Crippen molar-refractivity contribution < 1.29 is 4.74 Å². The highest BCUT2D eigenvalue weighted by Gasteiger charge is 2.17. The van der Waals surface area contributed by atoms with Crippen LogP contribution in [0.3, 0.4) is 0 Å². The van der Waals surface area contributed by atoms with E-state index in [2.05, 4.69) is 48.9 Å². The first-order chi connectivity index (χ1) is 9.02. The minimum Gasteiger partial charge on any atom is -0.385 e. The molecule has 1 rings (SSSR count). The lowest BCUT2D eigenvalue weighted by atomic mass is 9.90. The molecule has 19 heavy (non-hydrogen) atoms. The lowest BCUT2D eigenvalue weighted by Gasteiger charge is -2.24. The summed E-state index contributed by atoms with van der Waals surface area (Å²) < 4.78 is 7.25. The van der Waals surface area contributed by atoms with Crippen LogP contribution in [0.5, 0.6) is 0 Å². The Bertz CT molecular complexity index is 371. The lowest BCUT2D eigenvalue weighted by molar-refractivity contribution is 0.150. The van der Waals surface area contributed by atoms with Gasteiger partial charge in [-0.05, 0) is 31.2 Å². The molecule has 110 valence electrons. The van der Waals surface area contributed by atoms with Crippen molar-refractivity contribution in [2.45, 2.75) is 53.6 Å². The molecule has 0 atom stereocenters. The molecule has 0 amide bonds. The molecule has 1 N–H and O–H groups in total. The van der Waals surface area contributed by atoms with E-state index in [0.717, 1.165) is 39.1 Å².